The number of aryl methyl sites for hydroxylation is 1. The van der Waals surface area contributed by atoms with Gasteiger partial charge in [0.2, 0.25) is 0 Å². The van der Waals surface area contributed by atoms with Crippen LogP contribution >= 0.6 is 7.92 Å². The van der Waals surface area contributed by atoms with Gasteiger partial charge in [0.1, 0.15) is 0 Å². The van der Waals surface area contributed by atoms with Crippen LogP contribution in [0, 0.1) is 6.92 Å². The second-order valence-corrected chi connectivity index (χ2v) is 11.0. The third-order valence-corrected chi connectivity index (χ3v) is 8.43. The zero-order chi connectivity index (χ0) is 23.5. The van der Waals surface area contributed by atoms with Gasteiger partial charge in [0.05, 0.1) is 11.5 Å². The monoisotopic (exact) mass is 474 g/mol. The Balaban J connectivity index is 0.000000196. The Hall–Kier alpha value is -3.04. The molecule has 0 unspecified atom stereocenters. The molecule has 0 fully saturated rings. The summed E-state index contributed by atoms with van der Waals surface area (Å²) in [6.07, 6.45) is 1.39. The van der Waals surface area contributed by atoms with E-state index in [-0.39, 0.29) is 11.5 Å². The highest BCUT2D eigenvalue weighted by Crippen LogP contribution is 2.32. The average molecular weight is 475 g/mol. The van der Waals surface area contributed by atoms with Crippen molar-refractivity contribution in [1.82, 2.24) is 0 Å². The highest BCUT2D eigenvalue weighted by atomic mass is 32.2. The molecule has 0 aliphatic rings. The van der Waals surface area contributed by atoms with Crippen LogP contribution in [-0.4, -0.2) is 15.0 Å². The van der Waals surface area contributed by atoms with Gasteiger partial charge in [0.25, 0.3) is 10.1 Å². The van der Waals surface area contributed by atoms with E-state index in [4.69, 9.17) is 0 Å². The van der Waals surface area contributed by atoms with Crippen molar-refractivity contribution in [1.29, 1.82) is 0 Å². The summed E-state index contributed by atoms with van der Waals surface area (Å²) in [4.78, 5) is 0.171. The van der Waals surface area contributed by atoms with Gasteiger partial charge in [-0.25, -0.2) is 0 Å². The molecular formula is C28H27O3PS. The molecule has 0 aromatic heterocycles. The van der Waals surface area contributed by atoms with Crippen LogP contribution in [0.4, 0.5) is 0 Å². The molecule has 4 aromatic rings. The Bertz CT molecular complexity index is 1130. The van der Waals surface area contributed by atoms with E-state index in [9.17, 15) is 8.42 Å². The molecule has 0 radical (unpaired) electrons. The summed E-state index contributed by atoms with van der Waals surface area (Å²) in [5.41, 5.74) is 1.01. The number of rotatable bonds is 7. The highest BCUT2D eigenvalue weighted by molar-refractivity contribution is 7.86. The molecule has 0 N–H and O–H groups in total. The van der Waals surface area contributed by atoms with E-state index >= 15 is 0 Å². The molecule has 0 amide bonds. The fourth-order valence-corrected chi connectivity index (χ4v) is 6.28. The first kappa shape index (κ1) is 24.6. The standard InChI is InChI=1S/C18H15P.C10H12O3S/c1-4-10-16(11-5-1)19(17-12-6-2-7-13-17)18-14-8-3-9-15-18;1-3-8-13-14(11,12)10-6-4-9(2)5-7-10/h1-15H;3-7H,1,8H2,2H3. The van der Waals surface area contributed by atoms with Crippen molar-refractivity contribution in [3.63, 3.8) is 0 Å². The lowest BCUT2D eigenvalue weighted by molar-refractivity contribution is 0.357. The van der Waals surface area contributed by atoms with E-state index in [1.807, 2.05) is 6.92 Å². The summed E-state index contributed by atoms with van der Waals surface area (Å²) in [7, 11) is -4.06. The van der Waals surface area contributed by atoms with Crippen LogP contribution < -0.4 is 15.9 Å². The fraction of sp³-hybridized carbons (Fsp3) is 0.0714. The van der Waals surface area contributed by atoms with Gasteiger partial charge in [0.15, 0.2) is 0 Å². The van der Waals surface area contributed by atoms with E-state index in [1.54, 1.807) is 12.1 Å². The average Bonchev–Trinajstić information content (AvgIpc) is 2.86. The van der Waals surface area contributed by atoms with Gasteiger partial charge < -0.3 is 0 Å². The summed E-state index contributed by atoms with van der Waals surface area (Å²) in [5.74, 6) is 0. The molecule has 0 heterocycles. The molecule has 4 rings (SSSR count). The summed E-state index contributed by atoms with van der Waals surface area (Å²) in [6, 6.07) is 38.8. The molecule has 0 saturated carbocycles. The molecular weight excluding hydrogens is 447 g/mol. The van der Waals surface area contributed by atoms with Crippen molar-refractivity contribution in [2.75, 3.05) is 6.61 Å². The smallest absolute Gasteiger partial charge is 0.262 e. The van der Waals surface area contributed by atoms with Gasteiger partial charge in [0, 0.05) is 0 Å². The minimum Gasteiger partial charge on any atom is -0.262 e. The fourth-order valence-electron chi connectivity index (χ4n) is 3.09. The lowest BCUT2D eigenvalue weighted by Gasteiger charge is -2.18. The SMILES string of the molecule is C=CCOS(=O)(=O)c1ccc(C)cc1.c1ccc(P(c2ccccc2)c2ccccc2)cc1. The predicted octanol–water partition coefficient (Wildman–Crippen LogP) is 5.33. The van der Waals surface area contributed by atoms with E-state index in [0.717, 1.165) is 5.56 Å². The topological polar surface area (TPSA) is 43.4 Å². The third kappa shape index (κ3) is 7.23. The van der Waals surface area contributed by atoms with Gasteiger partial charge in [-0.05, 0) is 42.9 Å². The Kier molecular flexibility index (Phi) is 9.14. The van der Waals surface area contributed by atoms with Crippen LogP contribution in [0.3, 0.4) is 0 Å². The minimum atomic E-state index is -3.61. The van der Waals surface area contributed by atoms with Gasteiger partial charge >= 0.3 is 0 Å². The van der Waals surface area contributed by atoms with Crippen molar-refractivity contribution in [3.05, 3.63) is 133 Å². The molecule has 4 aromatic carbocycles. The molecule has 0 atom stereocenters. The molecule has 0 spiro atoms. The van der Waals surface area contributed by atoms with Crippen molar-refractivity contribution in [2.24, 2.45) is 0 Å². The van der Waals surface area contributed by atoms with Gasteiger partial charge in [-0.3, -0.25) is 4.18 Å². The Morgan fingerprint density at radius 2 is 1.09 bits per heavy atom. The van der Waals surface area contributed by atoms with E-state index in [0.29, 0.717) is 0 Å². The van der Waals surface area contributed by atoms with Crippen molar-refractivity contribution < 1.29 is 12.6 Å². The zero-order valence-electron chi connectivity index (χ0n) is 18.5. The second kappa shape index (κ2) is 12.3. The van der Waals surface area contributed by atoms with Gasteiger partial charge in [-0.2, -0.15) is 8.42 Å². The molecule has 0 bridgehead atoms. The van der Waals surface area contributed by atoms with Crippen LogP contribution in [0.1, 0.15) is 5.56 Å². The Morgan fingerprint density at radius 3 is 1.45 bits per heavy atom. The van der Waals surface area contributed by atoms with Crippen LogP contribution in [0.5, 0.6) is 0 Å². The van der Waals surface area contributed by atoms with Crippen LogP contribution in [0.25, 0.3) is 0 Å². The normalized spacial score (nSPS) is 10.8. The van der Waals surface area contributed by atoms with E-state index < -0.39 is 18.0 Å². The first-order valence-corrected chi connectivity index (χ1v) is 13.3. The minimum absolute atomic E-state index is 0.00376. The highest BCUT2D eigenvalue weighted by Gasteiger charge is 2.15. The molecule has 33 heavy (non-hydrogen) atoms. The zero-order valence-corrected chi connectivity index (χ0v) is 20.3. The molecule has 0 aliphatic carbocycles. The van der Waals surface area contributed by atoms with E-state index in [1.165, 1.54) is 34.1 Å². The third-order valence-electron chi connectivity index (χ3n) is 4.69. The molecule has 0 saturated heterocycles. The molecule has 168 valence electrons. The first-order valence-electron chi connectivity index (χ1n) is 10.5. The van der Waals surface area contributed by atoms with Crippen molar-refractivity contribution in [3.8, 4) is 0 Å². The lowest BCUT2D eigenvalue weighted by Crippen LogP contribution is -2.20. The quantitative estimate of drug-likeness (QED) is 0.207. The van der Waals surface area contributed by atoms with Gasteiger partial charge in [-0.1, -0.05) is 115 Å². The summed E-state index contributed by atoms with van der Waals surface area (Å²) < 4.78 is 27.5. The summed E-state index contributed by atoms with van der Waals surface area (Å²) in [6.45, 7) is 5.27. The van der Waals surface area contributed by atoms with E-state index in [2.05, 4.69) is 102 Å². The number of hydrogen-bond acceptors (Lipinski definition) is 3. The second-order valence-electron chi connectivity index (χ2n) is 7.18. The first-order chi connectivity index (χ1) is 16.0. The largest absolute Gasteiger partial charge is 0.297 e. The number of benzene rings is 4. The van der Waals surface area contributed by atoms with Crippen molar-refractivity contribution in [2.45, 2.75) is 11.8 Å². The predicted molar refractivity (Wildman–Crippen MR) is 140 cm³/mol. The summed E-state index contributed by atoms with van der Waals surface area (Å²) >= 11 is 0. The van der Waals surface area contributed by atoms with Crippen LogP contribution in [-0.2, 0) is 14.3 Å². The van der Waals surface area contributed by atoms with Crippen LogP contribution in [0.2, 0.25) is 0 Å². The molecule has 0 aliphatic heterocycles. The number of hydrogen-bond donors (Lipinski definition) is 0. The Labute approximate surface area is 198 Å². The maximum absolute atomic E-state index is 11.4. The lowest BCUT2D eigenvalue weighted by atomic mass is 10.2. The maximum atomic E-state index is 11.4. The van der Waals surface area contributed by atoms with Crippen molar-refractivity contribution >= 4 is 34.0 Å². The van der Waals surface area contributed by atoms with Crippen LogP contribution in [0.15, 0.2) is 133 Å². The maximum Gasteiger partial charge on any atom is 0.297 e. The Morgan fingerprint density at radius 1 is 0.697 bits per heavy atom. The molecule has 3 nitrogen and oxygen atoms in total. The summed E-state index contributed by atoms with van der Waals surface area (Å²) in [5, 5.41) is 4.19. The molecule has 5 heteroatoms. The van der Waals surface area contributed by atoms with Gasteiger partial charge in [-0.15, -0.1) is 6.58 Å².